The number of carbonyl (C=O) groups excluding carboxylic acids is 1. The zero-order valence-electron chi connectivity index (χ0n) is 12.3. The molecule has 2 aromatic carbocycles. The van der Waals surface area contributed by atoms with Gasteiger partial charge in [0, 0.05) is 10.6 Å². The van der Waals surface area contributed by atoms with Crippen LogP contribution in [0, 0.1) is 0 Å². The van der Waals surface area contributed by atoms with Gasteiger partial charge in [-0.25, -0.2) is 4.79 Å². The highest BCUT2D eigenvalue weighted by atomic mass is 31.2. The zero-order chi connectivity index (χ0) is 16.7. The van der Waals surface area contributed by atoms with Crippen molar-refractivity contribution >= 4 is 29.2 Å². The lowest BCUT2D eigenvalue weighted by Crippen LogP contribution is -2.29. The molecule has 0 unspecified atom stereocenters. The van der Waals surface area contributed by atoms with E-state index in [1.54, 1.807) is 60.7 Å². The SMILES string of the molecule is C=CCOC(=O)C(=[N+]=[N-])P(=O)(c1ccccc1)c1ccccc1. The van der Waals surface area contributed by atoms with Crippen molar-refractivity contribution in [3.8, 4) is 0 Å². The van der Waals surface area contributed by atoms with Gasteiger partial charge < -0.3 is 14.8 Å². The largest absolute Gasteiger partial charge is 0.452 e. The van der Waals surface area contributed by atoms with Crippen molar-refractivity contribution in [2.45, 2.75) is 0 Å². The maximum absolute atomic E-state index is 13.7. The Bertz CT molecular complexity index is 754. The first kappa shape index (κ1) is 16.6. The summed E-state index contributed by atoms with van der Waals surface area (Å²) in [4.78, 5) is 15.2. The van der Waals surface area contributed by atoms with Gasteiger partial charge in [0.25, 0.3) is 7.14 Å². The maximum atomic E-state index is 13.7. The second-order valence-electron chi connectivity index (χ2n) is 4.59. The number of rotatable bonds is 6. The minimum absolute atomic E-state index is 0.0680. The summed E-state index contributed by atoms with van der Waals surface area (Å²) in [5.41, 5.74) is 8.83. The van der Waals surface area contributed by atoms with Crippen molar-refractivity contribution < 1.29 is 18.9 Å². The molecule has 0 amide bonds. The molecular formula is C17H15N2O3P. The summed E-state index contributed by atoms with van der Waals surface area (Å²) in [6.45, 7) is 3.38. The van der Waals surface area contributed by atoms with E-state index >= 15 is 0 Å². The van der Waals surface area contributed by atoms with E-state index in [1.807, 2.05) is 0 Å². The molecule has 0 aliphatic rings. The molecular weight excluding hydrogens is 311 g/mol. The molecule has 23 heavy (non-hydrogen) atoms. The van der Waals surface area contributed by atoms with Crippen LogP contribution in [0.25, 0.3) is 5.53 Å². The molecule has 0 bridgehead atoms. The second kappa shape index (κ2) is 7.50. The predicted octanol–water partition coefficient (Wildman–Crippen LogP) is 2.36. The number of ether oxygens (including phenoxy) is 1. The molecule has 0 aliphatic carbocycles. The van der Waals surface area contributed by atoms with Gasteiger partial charge in [-0.15, -0.1) is 0 Å². The van der Waals surface area contributed by atoms with Crippen molar-refractivity contribution in [2.24, 2.45) is 0 Å². The quantitative estimate of drug-likeness (QED) is 0.204. The van der Waals surface area contributed by atoms with E-state index in [0.717, 1.165) is 0 Å². The summed E-state index contributed by atoms with van der Waals surface area (Å²) >= 11 is 0. The van der Waals surface area contributed by atoms with Gasteiger partial charge in [-0.3, -0.25) is 0 Å². The van der Waals surface area contributed by atoms with E-state index in [9.17, 15) is 14.9 Å². The zero-order valence-corrected chi connectivity index (χ0v) is 13.2. The molecule has 0 saturated heterocycles. The summed E-state index contributed by atoms with van der Waals surface area (Å²) in [5.74, 6) is -0.941. The molecule has 0 atom stereocenters. The Morgan fingerprint density at radius 1 is 1.09 bits per heavy atom. The van der Waals surface area contributed by atoms with Crippen LogP contribution in [-0.4, -0.2) is 22.8 Å². The van der Waals surface area contributed by atoms with Gasteiger partial charge in [-0.1, -0.05) is 73.3 Å². The summed E-state index contributed by atoms with van der Waals surface area (Å²) in [6, 6.07) is 16.8. The number of benzene rings is 2. The number of nitrogens with zero attached hydrogens (tertiary/aromatic N) is 2. The Morgan fingerprint density at radius 3 is 1.96 bits per heavy atom. The molecule has 2 rings (SSSR count). The third-order valence-electron chi connectivity index (χ3n) is 3.15. The van der Waals surface area contributed by atoms with Crippen LogP contribution in [0.3, 0.4) is 0 Å². The van der Waals surface area contributed by atoms with E-state index in [2.05, 4.69) is 11.4 Å². The van der Waals surface area contributed by atoms with Crippen molar-refractivity contribution in [2.75, 3.05) is 6.61 Å². The minimum Gasteiger partial charge on any atom is -0.452 e. The lowest BCUT2D eigenvalue weighted by molar-refractivity contribution is -0.138. The van der Waals surface area contributed by atoms with E-state index in [1.165, 1.54) is 6.08 Å². The molecule has 0 saturated carbocycles. The fourth-order valence-electron chi connectivity index (χ4n) is 2.10. The normalized spacial score (nSPS) is 10.4. The van der Waals surface area contributed by atoms with Gasteiger partial charge in [0.1, 0.15) is 6.61 Å². The highest BCUT2D eigenvalue weighted by molar-refractivity contribution is 7.95. The lowest BCUT2D eigenvalue weighted by atomic mass is 10.4. The molecule has 0 heterocycles. The van der Waals surface area contributed by atoms with E-state index in [-0.39, 0.29) is 6.61 Å². The van der Waals surface area contributed by atoms with Crippen LogP contribution in [0.5, 0.6) is 0 Å². The average molecular weight is 326 g/mol. The number of esters is 1. The Kier molecular flexibility index (Phi) is 5.42. The number of hydrogen-bond acceptors (Lipinski definition) is 3. The monoisotopic (exact) mass is 326 g/mol. The third kappa shape index (κ3) is 3.37. The van der Waals surface area contributed by atoms with Crippen molar-refractivity contribution in [3.05, 3.63) is 78.8 Å². The standard InChI is InChI=1S/C17H15N2O3P/c1-2-13-22-17(20)16(19-18)23(21,14-9-5-3-6-10-14)15-11-7-4-8-12-15/h2-12H,1,13H2. The predicted molar refractivity (Wildman–Crippen MR) is 89.5 cm³/mol. The van der Waals surface area contributed by atoms with Crippen LogP contribution in [-0.2, 0) is 14.1 Å². The maximum Gasteiger partial charge on any atom is 0.438 e. The smallest absolute Gasteiger partial charge is 0.438 e. The molecule has 0 spiro atoms. The third-order valence-corrected chi connectivity index (χ3v) is 6.07. The first-order chi connectivity index (χ1) is 11.1. The Balaban J connectivity index is 2.64. The van der Waals surface area contributed by atoms with Gasteiger partial charge in [0.05, 0.1) is 0 Å². The molecule has 116 valence electrons. The summed E-state index contributed by atoms with van der Waals surface area (Å²) in [7, 11) is -3.64. The van der Waals surface area contributed by atoms with Crippen molar-refractivity contribution in [1.82, 2.24) is 0 Å². The molecule has 0 aliphatic heterocycles. The van der Waals surface area contributed by atoms with Gasteiger partial charge in [-0.05, 0) is 0 Å². The molecule has 5 nitrogen and oxygen atoms in total. The van der Waals surface area contributed by atoms with E-state index in [4.69, 9.17) is 4.74 Å². The van der Waals surface area contributed by atoms with Crippen LogP contribution in [0.15, 0.2) is 73.3 Å². The van der Waals surface area contributed by atoms with E-state index in [0.29, 0.717) is 10.6 Å². The molecule has 2 aromatic rings. The minimum atomic E-state index is -3.64. The van der Waals surface area contributed by atoms with E-state index < -0.39 is 18.6 Å². The summed E-state index contributed by atoms with van der Waals surface area (Å²) < 4.78 is 18.6. The molecule has 0 fully saturated rings. The fourth-order valence-corrected chi connectivity index (χ4v) is 4.52. The molecule has 0 aromatic heterocycles. The van der Waals surface area contributed by atoms with Crippen LogP contribution in [0.1, 0.15) is 0 Å². The van der Waals surface area contributed by atoms with Crippen LogP contribution in [0.4, 0.5) is 0 Å². The highest BCUT2D eigenvalue weighted by Gasteiger charge is 2.46. The fraction of sp³-hybridized carbons (Fsp3) is 0.0588. The molecule has 6 heteroatoms. The molecule has 0 N–H and O–H groups in total. The summed E-state index contributed by atoms with van der Waals surface area (Å²) in [5, 5.41) is 0.768. The highest BCUT2D eigenvalue weighted by Crippen LogP contribution is 2.44. The first-order valence-corrected chi connectivity index (χ1v) is 8.57. The van der Waals surface area contributed by atoms with Gasteiger partial charge in [-0.2, -0.15) is 4.79 Å². The van der Waals surface area contributed by atoms with Gasteiger partial charge in [0.2, 0.25) is 0 Å². The Labute approximate surface area is 134 Å². The molecule has 0 radical (unpaired) electrons. The van der Waals surface area contributed by atoms with Gasteiger partial charge in [0.15, 0.2) is 0 Å². The van der Waals surface area contributed by atoms with Gasteiger partial charge >= 0.3 is 11.4 Å². The topological polar surface area (TPSA) is 79.8 Å². The van der Waals surface area contributed by atoms with Crippen LogP contribution >= 0.6 is 7.14 Å². The number of hydrogen-bond donors (Lipinski definition) is 0. The van der Waals surface area contributed by atoms with Crippen LogP contribution < -0.4 is 10.6 Å². The van der Waals surface area contributed by atoms with Crippen molar-refractivity contribution in [3.63, 3.8) is 0 Å². The summed E-state index contributed by atoms with van der Waals surface area (Å²) in [6.07, 6.45) is 1.38. The number of carbonyl (C=O) groups is 1. The first-order valence-electron chi connectivity index (χ1n) is 6.86. The average Bonchev–Trinajstić information content (AvgIpc) is 2.61. The Morgan fingerprint density at radius 2 is 1.57 bits per heavy atom. The van der Waals surface area contributed by atoms with Crippen molar-refractivity contribution in [1.29, 1.82) is 0 Å². The lowest BCUT2D eigenvalue weighted by Gasteiger charge is -2.14. The second-order valence-corrected chi connectivity index (χ2v) is 7.27. The Hall–Kier alpha value is -2.74. The van der Waals surface area contributed by atoms with Crippen LogP contribution in [0.2, 0.25) is 0 Å².